The van der Waals surface area contributed by atoms with Crippen LogP contribution >= 0.6 is 0 Å². The number of hydrogen-bond donors (Lipinski definition) is 2. The number of pyridine rings is 1. The highest BCUT2D eigenvalue weighted by atomic mass is 19.1. The summed E-state index contributed by atoms with van der Waals surface area (Å²) in [5.41, 5.74) is 3.38. The van der Waals surface area contributed by atoms with Gasteiger partial charge in [-0.15, -0.1) is 0 Å². The SMILES string of the molecule is C1CNCCN1.C=c1nc(-c2ccncc2-c2cccc(F)c2)nc/c1=C(/C=NC)CCCC. The van der Waals surface area contributed by atoms with Gasteiger partial charge < -0.3 is 10.6 Å². The van der Waals surface area contributed by atoms with E-state index in [-0.39, 0.29) is 5.82 Å². The predicted molar refractivity (Wildman–Crippen MR) is 139 cm³/mol. The molecule has 34 heavy (non-hydrogen) atoms. The fourth-order valence-corrected chi connectivity index (χ4v) is 3.69. The molecule has 7 heteroatoms. The minimum absolute atomic E-state index is 0.296. The second kappa shape index (κ2) is 13.4. The molecule has 0 saturated carbocycles. The van der Waals surface area contributed by atoms with Crippen LogP contribution < -0.4 is 21.2 Å². The molecule has 0 spiro atoms. The molecule has 0 atom stereocenters. The number of nitrogens with zero attached hydrogens (tertiary/aromatic N) is 4. The average Bonchev–Trinajstić information content (AvgIpc) is 2.88. The van der Waals surface area contributed by atoms with Gasteiger partial charge in [-0.25, -0.2) is 14.4 Å². The third-order valence-corrected chi connectivity index (χ3v) is 5.45. The van der Waals surface area contributed by atoms with Gasteiger partial charge in [0.1, 0.15) is 5.82 Å². The van der Waals surface area contributed by atoms with Crippen molar-refractivity contribution in [1.82, 2.24) is 25.6 Å². The minimum atomic E-state index is -0.296. The molecule has 178 valence electrons. The van der Waals surface area contributed by atoms with Crippen molar-refractivity contribution in [2.75, 3.05) is 33.2 Å². The molecule has 1 aliphatic rings. The van der Waals surface area contributed by atoms with Gasteiger partial charge in [-0.2, -0.15) is 0 Å². The normalized spacial score (nSPS) is 14.4. The number of aliphatic imine (C=N–C) groups is 1. The van der Waals surface area contributed by atoms with Crippen LogP contribution in [0.2, 0.25) is 0 Å². The van der Waals surface area contributed by atoms with Gasteiger partial charge in [0, 0.05) is 74.4 Å². The highest BCUT2D eigenvalue weighted by Gasteiger charge is 2.11. The summed E-state index contributed by atoms with van der Waals surface area (Å²) < 4.78 is 13.7. The predicted octanol–water partition coefficient (Wildman–Crippen LogP) is 2.98. The zero-order valence-corrected chi connectivity index (χ0v) is 20.0. The van der Waals surface area contributed by atoms with E-state index in [1.165, 1.54) is 12.1 Å². The van der Waals surface area contributed by atoms with E-state index in [9.17, 15) is 4.39 Å². The number of nitrogens with one attached hydrogen (secondary N) is 2. The van der Waals surface area contributed by atoms with Crippen LogP contribution in [-0.2, 0) is 0 Å². The zero-order valence-electron chi connectivity index (χ0n) is 20.0. The van der Waals surface area contributed by atoms with Crippen LogP contribution in [-0.4, -0.2) is 54.4 Å². The molecule has 4 rings (SSSR count). The van der Waals surface area contributed by atoms with E-state index in [1.54, 1.807) is 31.7 Å². The molecule has 1 saturated heterocycles. The first kappa shape index (κ1) is 25.3. The number of unbranched alkanes of at least 4 members (excludes halogenated alkanes) is 1. The molecule has 1 aliphatic heterocycles. The van der Waals surface area contributed by atoms with Crippen molar-refractivity contribution in [2.24, 2.45) is 4.99 Å². The van der Waals surface area contributed by atoms with Crippen molar-refractivity contribution in [3.8, 4) is 22.5 Å². The molecule has 2 N–H and O–H groups in total. The van der Waals surface area contributed by atoms with E-state index >= 15 is 0 Å². The summed E-state index contributed by atoms with van der Waals surface area (Å²) in [4.78, 5) is 17.6. The third kappa shape index (κ3) is 7.10. The molecule has 2 aromatic heterocycles. The average molecular weight is 461 g/mol. The lowest BCUT2D eigenvalue weighted by atomic mass is 10.0. The number of halogens is 1. The van der Waals surface area contributed by atoms with Crippen molar-refractivity contribution in [2.45, 2.75) is 26.2 Å². The molecular formula is C27H33FN6. The van der Waals surface area contributed by atoms with Crippen LogP contribution in [0.3, 0.4) is 0 Å². The van der Waals surface area contributed by atoms with Crippen molar-refractivity contribution in [1.29, 1.82) is 0 Å². The van der Waals surface area contributed by atoms with Crippen LogP contribution in [0.1, 0.15) is 26.2 Å². The first-order valence-corrected chi connectivity index (χ1v) is 11.7. The monoisotopic (exact) mass is 460 g/mol. The standard InChI is InChI=1S/C23H23FN4.C4H10N2/c1-4-5-7-18(13-25-3)21-15-27-23(28-16(21)2)20-10-11-26-14-22(20)17-8-6-9-19(24)12-17;1-2-6-4-3-5-1/h6,8-15H,2,4-5,7H2,1,3H3;5-6H,1-4H2/b21-18-,25-13?;. The summed E-state index contributed by atoms with van der Waals surface area (Å²) in [6.07, 6.45) is 10.1. The molecule has 1 fully saturated rings. The van der Waals surface area contributed by atoms with Gasteiger partial charge in [-0.05, 0) is 42.2 Å². The van der Waals surface area contributed by atoms with Crippen LogP contribution in [0.5, 0.6) is 0 Å². The van der Waals surface area contributed by atoms with E-state index in [2.05, 4.69) is 44.1 Å². The third-order valence-electron chi connectivity index (χ3n) is 5.45. The summed E-state index contributed by atoms with van der Waals surface area (Å²) >= 11 is 0. The molecule has 0 radical (unpaired) electrons. The smallest absolute Gasteiger partial charge is 0.160 e. The second-order valence-electron chi connectivity index (χ2n) is 8.00. The largest absolute Gasteiger partial charge is 0.314 e. The van der Waals surface area contributed by atoms with Gasteiger partial charge in [0.2, 0.25) is 0 Å². The van der Waals surface area contributed by atoms with E-state index in [4.69, 9.17) is 0 Å². The Bertz CT molecular complexity index is 1190. The van der Waals surface area contributed by atoms with Crippen molar-refractivity contribution >= 4 is 18.4 Å². The van der Waals surface area contributed by atoms with E-state index < -0.39 is 0 Å². The zero-order chi connectivity index (χ0) is 24.2. The summed E-state index contributed by atoms with van der Waals surface area (Å²) in [6, 6.07) is 8.26. The molecule has 0 bridgehead atoms. The Balaban J connectivity index is 0.000000469. The van der Waals surface area contributed by atoms with Gasteiger partial charge in [0.25, 0.3) is 0 Å². The molecule has 3 heterocycles. The fraction of sp³-hybridized carbons (Fsp3) is 0.333. The Morgan fingerprint density at radius 1 is 1.12 bits per heavy atom. The maximum atomic E-state index is 13.7. The van der Waals surface area contributed by atoms with E-state index in [0.717, 1.165) is 72.9 Å². The van der Waals surface area contributed by atoms with Crippen LogP contribution in [0.4, 0.5) is 4.39 Å². The van der Waals surface area contributed by atoms with Crippen LogP contribution in [0.25, 0.3) is 34.7 Å². The Hall–Kier alpha value is -3.29. The molecule has 3 aromatic rings. The first-order valence-electron chi connectivity index (χ1n) is 11.7. The molecule has 1 aromatic carbocycles. The van der Waals surface area contributed by atoms with Gasteiger partial charge in [-0.1, -0.05) is 32.1 Å². The van der Waals surface area contributed by atoms with Crippen molar-refractivity contribution in [3.63, 3.8) is 0 Å². The summed E-state index contributed by atoms with van der Waals surface area (Å²) in [7, 11) is 1.76. The Labute approximate surface area is 200 Å². The maximum Gasteiger partial charge on any atom is 0.160 e. The first-order chi connectivity index (χ1) is 16.6. The number of rotatable bonds is 6. The number of benzene rings is 1. The lowest BCUT2D eigenvalue weighted by molar-refractivity contribution is 0.534. The summed E-state index contributed by atoms with van der Waals surface area (Å²) in [5.74, 6) is 0.245. The lowest BCUT2D eigenvalue weighted by Crippen LogP contribution is -2.39. The summed E-state index contributed by atoms with van der Waals surface area (Å²) in [6.45, 7) is 10.8. The molecule has 0 amide bonds. The number of aromatic nitrogens is 3. The van der Waals surface area contributed by atoms with Gasteiger partial charge in [0.05, 0.1) is 5.35 Å². The van der Waals surface area contributed by atoms with Crippen molar-refractivity contribution < 1.29 is 4.39 Å². The quantitative estimate of drug-likeness (QED) is 0.553. The second-order valence-corrected chi connectivity index (χ2v) is 8.00. The molecule has 0 aliphatic carbocycles. The highest BCUT2D eigenvalue weighted by molar-refractivity contribution is 6.01. The van der Waals surface area contributed by atoms with Gasteiger partial charge in [0.15, 0.2) is 5.82 Å². The Kier molecular flexibility index (Phi) is 10.0. The minimum Gasteiger partial charge on any atom is -0.314 e. The number of hydrogen-bond acceptors (Lipinski definition) is 6. The number of piperazine rings is 1. The van der Waals surface area contributed by atoms with E-state index in [0.29, 0.717) is 11.2 Å². The van der Waals surface area contributed by atoms with Crippen LogP contribution in [0.15, 0.2) is 53.9 Å². The fourth-order valence-electron chi connectivity index (χ4n) is 3.69. The van der Waals surface area contributed by atoms with Gasteiger partial charge in [-0.3, -0.25) is 9.98 Å². The van der Waals surface area contributed by atoms with Crippen LogP contribution in [0, 0.1) is 5.82 Å². The Morgan fingerprint density at radius 3 is 2.50 bits per heavy atom. The summed E-state index contributed by atoms with van der Waals surface area (Å²) in [5, 5.41) is 8.00. The maximum absolute atomic E-state index is 13.7. The molecule has 6 nitrogen and oxygen atoms in total. The van der Waals surface area contributed by atoms with E-state index in [1.807, 2.05) is 18.3 Å². The molecular weight excluding hydrogens is 427 g/mol. The van der Waals surface area contributed by atoms with Crippen molar-refractivity contribution in [3.05, 3.63) is 65.3 Å². The highest BCUT2D eigenvalue weighted by Crippen LogP contribution is 2.28. The lowest BCUT2D eigenvalue weighted by Gasteiger charge is -2.11. The van der Waals surface area contributed by atoms with Gasteiger partial charge >= 0.3 is 0 Å². The topological polar surface area (TPSA) is 75.1 Å². The Morgan fingerprint density at radius 2 is 1.88 bits per heavy atom. The molecule has 0 unspecified atom stereocenters.